The zero-order valence-corrected chi connectivity index (χ0v) is 12.9. The topological polar surface area (TPSA) is 55.9 Å². The monoisotopic (exact) mass is 306 g/mol. The highest BCUT2D eigenvalue weighted by molar-refractivity contribution is 5.69. The first-order valence-corrected chi connectivity index (χ1v) is 8.07. The van der Waals surface area contributed by atoms with Gasteiger partial charge in [-0.2, -0.15) is 5.10 Å². The Labute approximate surface area is 134 Å². The molecule has 2 aliphatic heterocycles. The van der Waals surface area contributed by atoms with Crippen LogP contribution in [-0.2, 0) is 6.54 Å². The third-order valence-corrected chi connectivity index (χ3v) is 5.36. The highest BCUT2D eigenvalue weighted by atomic mass is 16.3. The lowest BCUT2D eigenvalue weighted by molar-refractivity contribution is 0.0520. The predicted molar refractivity (Wildman–Crippen MR) is 85.8 cm³/mol. The summed E-state index contributed by atoms with van der Waals surface area (Å²) < 4.78 is 4.17. The molecule has 1 aromatic carbocycles. The van der Waals surface area contributed by atoms with Gasteiger partial charge in [-0.1, -0.05) is 24.3 Å². The van der Waals surface area contributed by atoms with E-state index >= 15 is 0 Å². The number of aromatic nitrogens is 4. The molecule has 1 N–H and O–H groups in total. The van der Waals surface area contributed by atoms with Crippen molar-refractivity contribution in [2.75, 3.05) is 0 Å². The fraction of sp³-hybridized carbons (Fsp3) is 0.333. The molecule has 3 atom stereocenters. The third-order valence-electron chi connectivity index (χ3n) is 5.36. The Balaban J connectivity index is 1.65. The third kappa shape index (κ3) is 1.65. The summed E-state index contributed by atoms with van der Waals surface area (Å²) in [6, 6.07) is 8.61. The Kier molecular flexibility index (Phi) is 2.59. The summed E-state index contributed by atoms with van der Waals surface area (Å²) in [5.41, 5.74) is 5.71. The summed E-state index contributed by atoms with van der Waals surface area (Å²) in [7, 11) is 0. The van der Waals surface area contributed by atoms with E-state index in [9.17, 15) is 5.11 Å². The maximum absolute atomic E-state index is 11.0. The fourth-order valence-electron chi connectivity index (χ4n) is 4.32. The van der Waals surface area contributed by atoms with E-state index in [0.29, 0.717) is 0 Å². The van der Waals surface area contributed by atoms with Gasteiger partial charge in [0.15, 0.2) is 0 Å². The van der Waals surface area contributed by atoms with Crippen molar-refractivity contribution in [3.8, 4) is 11.3 Å². The molecule has 0 radical (unpaired) electrons. The Hall–Kier alpha value is -2.40. The van der Waals surface area contributed by atoms with Gasteiger partial charge in [-0.3, -0.25) is 4.68 Å². The van der Waals surface area contributed by atoms with Crippen LogP contribution in [0.4, 0.5) is 0 Å². The van der Waals surface area contributed by atoms with Crippen LogP contribution in [0.5, 0.6) is 0 Å². The summed E-state index contributed by atoms with van der Waals surface area (Å²) in [5, 5.41) is 15.4. The van der Waals surface area contributed by atoms with Gasteiger partial charge in [0.25, 0.3) is 0 Å². The maximum Gasteiger partial charge on any atom is 0.101 e. The van der Waals surface area contributed by atoms with Crippen molar-refractivity contribution in [3.05, 3.63) is 59.8 Å². The van der Waals surface area contributed by atoms with E-state index < -0.39 is 6.10 Å². The molecule has 2 aliphatic rings. The highest BCUT2D eigenvalue weighted by Gasteiger charge is 2.41. The van der Waals surface area contributed by atoms with Crippen molar-refractivity contribution in [1.29, 1.82) is 0 Å². The number of hydrogen-bond acceptors (Lipinski definition) is 3. The molecule has 5 nitrogen and oxygen atoms in total. The molecule has 0 bridgehead atoms. The zero-order chi connectivity index (χ0) is 15.6. The average Bonchev–Trinajstić information content (AvgIpc) is 3.23. The van der Waals surface area contributed by atoms with Crippen molar-refractivity contribution in [2.45, 2.75) is 32.0 Å². The van der Waals surface area contributed by atoms with Gasteiger partial charge in [0, 0.05) is 18.0 Å². The summed E-state index contributed by atoms with van der Waals surface area (Å²) in [4.78, 5) is 4.33. The fourth-order valence-corrected chi connectivity index (χ4v) is 4.32. The van der Waals surface area contributed by atoms with Crippen LogP contribution in [0.15, 0.2) is 43.0 Å². The molecule has 0 spiro atoms. The van der Waals surface area contributed by atoms with Crippen LogP contribution >= 0.6 is 0 Å². The van der Waals surface area contributed by atoms with Gasteiger partial charge in [0.05, 0.1) is 36.2 Å². The second kappa shape index (κ2) is 4.55. The van der Waals surface area contributed by atoms with E-state index in [-0.39, 0.29) is 12.0 Å². The number of fused-ring (bicyclic) bond motifs is 4. The van der Waals surface area contributed by atoms with Crippen LogP contribution in [0.1, 0.15) is 35.4 Å². The van der Waals surface area contributed by atoms with Gasteiger partial charge < -0.3 is 9.67 Å². The number of rotatable bonds is 1. The van der Waals surface area contributed by atoms with Crippen LogP contribution in [0, 0.1) is 12.8 Å². The Bertz CT molecular complexity index is 894. The molecule has 0 amide bonds. The Morgan fingerprint density at radius 3 is 3.00 bits per heavy atom. The molecule has 23 heavy (non-hydrogen) atoms. The minimum atomic E-state index is -0.502. The molecule has 4 heterocycles. The lowest BCUT2D eigenvalue weighted by Crippen LogP contribution is -2.31. The minimum Gasteiger partial charge on any atom is -0.386 e. The van der Waals surface area contributed by atoms with E-state index in [0.717, 1.165) is 29.9 Å². The van der Waals surface area contributed by atoms with E-state index in [1.54, 1.807) is 0 Å². The summed E-state index contributed by atoms with van der Waals surface area (Å²) in [5.74, 6) is 0.134. The van der Waals surface area contributed by atoms with Gasteiger partial charge >= 0.3 is 0 Å². The molecule has 0 aliphatic carbocycles. The van der Waals surface area contributed by atoms with Crippen molar-refractivity contribution in [1.82, 2.24) is 19.3 Å². The molecule has 3 aromatic rings. The van der Waals surface area contributed by atoms with Crippen molar-refractivity contribution < 1.29 is 5.11 Å². The smallest absolute Gasteiger partial charge is 0.101 e. The van der Waals surface area contributed by atoms with Crippen molar-refractivity contribution >= 4 is 0 Å². The van der Waals surface area contributed by atoms with Gasteiger partial charge in [0.2, 0.25) is 0 Å². The number of imidazole rings is 1. The molecule has 2 aromatic heterocycles. The lowest BCUT2D eigenvalue weighted by Gasteiger charge is -2.34. The second-order valence-electron chi connectivity index (χ2n) is 6.55. The van der Waals surface area contributed by atoms with Gasteiger partial charge in [0.1, 0.15) is 6.10 Å². The number of benzene rings is 1. The second-order valence-corrected chi connectivity index (χ2v) is 6.55. The lowest BCUT2D eigenvalue weighted by atomic mass is 9.82. The molecule has 116 valence electrons. The number of nitrogens with zero attached hydrogens (tertiary/aromatic N) is 4. The quantitative estimate of drug-likeness (QED) is 0.752. The predicted octanol–water partition coefficient (Wildman–Crippen LogP) is 2.71. The normalized spacial score (nSPS) is 25.0. The van der Waals surface area contributed by atoms with Gasteiger partial charge in [-0.25, -0.2) is 4.98 Å². The summed E-state index contributed by atoms with van der Waals surface area (Å²) >= 11 is 0. The SMILES string of the molecule is Cc1cnn2c1[C@H](O)[C@H]([C@H]1c3ccccc3-c3cncn31)CC2. The van der Waals surface area contributed by atoms with Crippen LogP contribution < -0.4 is 0 Å². The van der Waals surface area contributed by atoms with Crippen LogP contribution in [0.2, 0.25) is 0 Å². The summed E-state index contributed by atoms with van der Waals surface area (Å²) in [6.45, 7) is 2.88. The molecular weight excluding hydrogens is 288 g/mol. The first-order valence-electron chi connectivity index (χ1n) is 8.07. The van der Waals surface area contributed by atoms with Gasteiger partial charge in [-0.15, -0.1) is 0 Å². The molecule has 5 rings (SSSR count). The zero-order valence-electron chi connectivity index (χ0n) is 12.9. The number of aliphatic hydroxyl groups excluding tert-OH is 1. The molecule has 0 fully saturated rings. The van der Waals surface area contributed by atoms with Crippen LogP contribution in [0.25, 0.3) is 11.3 Å². The minimum absolute atomic E-state index is 0.134. The number of aryl methyl sites for hydroxylation is 2. The van der Waals surface area contributed by atoms with Crippen molar-refractivity contribution in [3.63, 3.8) is 0 Å². The Morgan fingerprint density at radius 2 is 2.09 bits per heavy atom. The standard InChI is InChI=1S/C18H18N4O/c1-11-8-20-22-7-6-14(18(23)16(11)22)17-13-5-3-2-4-12(13)15-9-19-10-21(15)17/h2-5,8-10,14,17-18,23H,6-7H2,1H3/t14-,17+,18+/m0/s1. The van der Waals surface area contributed by atoms with Gasteiger partial charge in [-0.05, 0) is 24.5 Å². The summed E-state index contributed by atoms with van der Waals surface area (Å²) in [6.07, 6.45) is 6.07. The number of hydrogen-bond donors (Lipinski definition) is 1. The highest BCUT2D eigenvalue weighted by Crippen LogP contribution is 2.48. The molecule has 0 unspecified atom stereocenters. The van der Waals surface area contributed by atoms with E-state index in [2.05, 4.69) is 38.9 Å². The Morgan fingerprint density at radius 1 is 1.22 bits per heavy atom. The van der Waals surface area contributed by atoms with E-state index in [4.69, 9.17) is 0 Å². The molecule has 0 saturated heterocycles. The number of aliphatic hydroxyl groups is 1. The molecular formula is C18H18N4O. The van der Waals surface area contributed by atoms with Crippen molar-refractivity contribution in [2.24, 2.45) is 5.92 Å². The first kappa shape index (κ1) is 13.1. The molecule has 5 heteroatoms. The van der Waals surface area contributed by atoms with Crippen LogP contribution in [-0.4, -0.2) is 24.4 Å². The first-order chi connectivity index (χ1) is 11.3. The average molecular weight is 306 g/mol. The largest absolute Gasteiger partial charge is 0.386 e. The van der Waals surface area contributed by atoms with Crippen LogP contribution in [0.3, 0.4) is 0 Å². The molecule has 0 saturated carbocycles. The van der Waals surface area contributed by atoms with E-state index in [1.165, 1.54) is 11.1 Å². The maximum atomic E-state index is 11.0. The van der Waals surface area contributed by atoms with E-state index in [1.807, 2.05) is 30.3 Å².